The first kappa shape index (κ1) is 22.1. The van der Waals surface area contributed by atoms with Crippen molar-refractivity contribution in [1.29, 1.82) is 0 Å². The van der Waals surface area contributed by atoms with E-state index in [2.05, 4.69) is 9.97 Å². The average Bonchev–Trinajstić information content (AvgIpc) is 2.67. The number of fused-ring (bicyclic) bond motifs is 1. The van der Waals surface area contributed by atoms with E-state index < -0.39 is 23.0 Å². The number of thioether (sulfide) groups is 1. The Morgan fingerprint density at radius 1 is 1.10 bits per heavy atom. The first-order valence-corrected chi connectivity index (χ1v) is 10.2. The normalized spacial score (nSPS) is 12.1. The third kappa shape index (κ3) is 4.43. The van der Waals surface area contributed by atoms with E-state index in [-0.39, 0.29) is 22.7 Å². The maximum absolute atomic E-state index is 13.0. The summed E-state index contributed by atoms with van der Waals surface area (Å²) in [5.41, 5.74) is -1.09. The number of halogens is 3. The zero-order chi connectivity index (χ0) is 22.2. The predicted octanol–water partition coefficient (Wildman–Crippen LogP) is 3.54. The average molecular weight is 438 g/mol. The number of hydrogen-bond acceptors (Lipinski definition) is 5. The summed E-state index contributed by atoms with van der Waals surface area (Å²) in [6.45, 7) is 3.98. The number of aryl methyl sites for hydroxylation is 1. The van der Waals surface area contributed by atoms with Crippen molar-refractivity contribution in [3.63, 3.8) is 0 Å². The van der Waals surface area contributed by atoms with Gasteiger partial charge in [-0.05, 0) is 17.5 Å². The van der Waals surface area contributed by atoms with Crippen LogP contribution in [0.4, 0.5) is 13.2 Å². The van der Waals surface area contributed by atoms with Crippen molar-refractivity contribution in [3.05, 3.63) is 62.1 Å². The molecule has 0 unspecified atom stereocenters. The monoisotopic (exact) mass is 438 g/mol. The molecule has 0 bridgehead atoms. The molecule has 0 spiro atoms. The molecule has 0 saturated heterocycles. The lowest BCUT2D eigenvalue weighted by atomic mass is 10.1. The van der Waals surface area contributed by atoms with Crippen LogP contribution in [0.1, 0.15) is 30.8 Å². The van der Waals surface area contributed by atoms with Gasteiger partial charge in [0.1, 0.15) is 16.2 Å². The van der Waals surface area contributed by atoms with E-state index in [4.69, 9.17) is 0 Å². The summed E-state index contributed by atoms with van der Waals surface area (Å²) >= 11 is 1.15. The Hall–Kier alpha value is -2.62. The standard InChI is InChI=1S/C20H21F3N4O2S/c1-11(2)8-14-24-16-15(18(28)27(4)19(29)26(16)3)17(25-14)30-10-12-6-5-7-13(9-12)20(21,22)23/h5-7,9,11H,8,10H2,1-4H3. The SMILES string of the molecule is CC(C)Cc1nc(SCc2cccc(C(F)(F)F)c2)c2c(=O)n(C)c(=O)n(C)c2n1. The minimum Gasteiger partial charge on any atom is -0.280 e. The Labute approximate surface area is 174 Å². The van der Waals surface area contributed by atoms with Crippen LogP contribution in [0.5, 0.6) is 0 Å². The molecule has 0 N–H and O–H groups in total. The van der Waals surface area contributed by atoms with E-state index in [1.807, 2.05) is 13.8 Å². The van der Waals surface area contributed by atoms with Gasteiger partial charge in [0.05, 0.1) is 5.56 Å². The molecule has 0 saturated carbocycles. The highest BCUT2D eigenvalue weighted by atomic mass is 32.2. The quantitative estimate of drug-likeness (QED) is 0.450. The number of rotatable bonds is 5. The molecule has 3 rings (SSSR count). The molecule has 10 heteroatoms. The van der Waals surface area contributed by atoms with Crippen molar-refractivity contribution in [2.45, 2.75) is 37.2 Å². The van der Waals surface area contributed by atoms with E-state index in [0.717, 1.165) is 28.5 Å². The summed E-state index contributed by atoms with van der Waals surface area (Å²) in [5, 5.41) is 0.536. The molecule has 160 valence electrons. The second-order valence-electron chi connectivity index (χ2n) is 7.43. The molecule has 0 radical (unpaired) electrons. The van der Waals surface area contributed by atoms with Gasteiger partial charge in [0.25, 0.3) is 5.56 Å². The molecule has 1 aromatic carbocycles. The third-order valence-corrected chi connectivity index (χ3v) is 5.58. The lowest BCUT2D eigenvalue weighted by Gasteiger charge is -2.13. The lowest BCUT2D eigenvalue weighted by Crippen LogP contribution is -2.37. The fourth-order valence-corrected chi connectivity index (χ4v) is 4.00. The van der Waals surface area contributed by atoms with Crippen molar-refractivity contribution < 1.29 is 13.2 Å². The summed E-state index contributed by atoms with van der Waals surface area (Å²) in [4.78, 5) is 34.0. The third-order valence-electron chi connectivity index (χ3n) is 4.53. The van der Waals surface area contributed by atoms with Crippen LogP contribution in [-0.4, -0.2) is 19.1 Å². The smallest absolute Gasteiger partial charge is 0.280 e. The van der Waals surface area contributed by atoms with E-state index in [1.54, 1.807) is 6.07 Å². The van der Waals surface area contributed by atoms with Gasteiger partial charge in [-0.3, -0.25) is 13.9 Å². The van der Waals surface area contributed by atoms with Gasteiger partial charge in [0.2, 0.25) is 0 Å². The van der Waals surface area contributed by atoms with Crippen molar-refractivity contribution >= 4 is 22.8 Å². The van der Waals surface area contributed by atoms with Gasteiger partial charge in [0, 0.05) is 26.3 Å². The predicted molar refractivity (Wildman–Crippen MR) is 110 cm³/mol. The van der Waals surface area contributed by atoms with Crippen LogP contribution in [0.25, 0.3) is 11.0 Å². The molecular weight excluding hydrogens is 417 g/mol. The molecular formula is C20H21F3N4O2S. The molecule has 0 aliphatic carbocycles. The second kappa shape index (κ2) is 8.25. The van der Waals surface area contributed by atoms with Crippen LogP contribution in [0.15, 0.2) is 38.9 Å². The highest BCUT2D eigenvalue weighted by Crippen LogP contribution is 2.32. The lowest BCUT2D eigenvalue weighted by molar-refractivity contribution is -0.137. The summed E-state index contributed by atoms with van der Waals surface area (Å²) in [7, 11) is 2.89. The molecule has 2 aromatic heterocycles. The summed E-state index contributed by atoms with van der Waals surface area (Å²) in [5.74, 6) is 0.906. The molecule has 0 fully saturated rings. The van der Waals surface area contributed by atoms with Crippen molar-refractivity contribution in [2.24, 2.45) is 20.0 Å². The summed E-state index contributed by atoms with van der Waals surface area (Å²) in [6, 6.07) is 5.04. The van der Waals surface area contributed by atoms with E-state index in [0.29, 0.717) is 22.8 Å². The van der Waals surface area contributed by atoms with Crippen molar-refractivity contribution in [3.8, 4) is 0 Å². The highest BCUT2D eigenvalue weighted by Gasteiger charge is 2.30. The number of aromatic nitrogens is 4. The molecule has 3 aromatic rings. The fraction of sp³-hybridized carbons (Fsp3) is 0.400. The Morgan fingerprint density at radius 3 is 2.43 bits per heavy atom. The van der Waals surface area contributed by atoms with E-state index >= 15 is 0 Å². The minimum absolute atomic E-state index is 0.184. The molecule has 2 heterocycles. The molecule has 6 nitrogen and oxygen atoms in total. The van der Waals surface area contributed by atoms with Crippen LogP contribution in [0, 0.1) is 5.92 Å². The van der Waals surface area contributed by atoms with Gasteiger partial charge in [-0.1, -0.05) is 32.0 Å². The second-order valence-corrected chi connectivity index (χ2v) is 8.40. The molecule has 30 heavy (non-hydrogen) atoms. The number of hydrogen-bond donors (Lipinski definition) is 0. The number of alkyl halides is 3. The van der Waals surface area contributed by atoms with Crippen LogP contribution in [0.3, 0.4) is 0 Å². The van der Waals surface area contributed by atoms with Gasteiger partial charge in [-0.15, -0.1) is 11.8 Å². The Morgan fingerprint density at radius 2 is 1.80 bits per heavy atom. The zero-order valence-corrected chi connectivity index (χ0v) is 17.8. The van der Waals surface area contributed by atoms with Crippen LogP contribution in [0.2, 0.25) is 0 Å². The van der Waals surface area contributed by atoms with E-state index in [9.17, 15) is 22.8 Å². The summed E-state index contributed by atoms with van der Waals surface area (Å²) < 4.78 is 41.2. The fourth-order valence-electron chi connectivity index (χ4n) is 3.02. The first-order chi connectivity index (χ1) is 14.0. The molecule has 0 aliphatic heterocycles. The maximum Gasteiger partial charge on any atom is 0.416 e. The van der Waals surface area contributed by atoms with Crippen LogP contribution < -0.4 is 11.2 Å². The van der Waals surface area contributed by atoms with E-state index in [1.165, 1.54) is 24.7 Å². The highest BCUT2D eigenvalue weighted by molar-refractivity contribution is 7.98. The van der Waals surface area contributed by atoms with Gasteiger partial charge < -0.3 is 0 Å². The van der Waals surface area contributed by atoms with Crippen molar-refractivity contribution in [2.75, 3.05) is 0 Å². The molecule has 0 aliphatic rings. The van der Waals surface area contributed by atoms with Crippen molar-refractivity contribution in [1.82, 2.24) is 19.1 Å². The van der Waals surface area contributed by atoms with Crippen LogP contribution >= 0.6 is 11.8 Å². The molecule has 0 amide bonds. The van der Waals surface area contributed by atoms with Crippen LogP contribution in [-0.2, 0) is 32.4 Å². The van der Waals surface area contributed by atoms with Gasteiger partial charge in [0.15, 0.2) is 5.65 Å². The first-order valence-electron chi connectivity index (χ1n) is 9.24. The van der Waals surface area contributed by atoms with Gasteiger partial charge in [-0.25, -0.2) is 14.8 Å². The summed E-state index contributed by atoms with van der Waals surface area (Å²) in [6.07, 6.45) is -3.89. The largest absolute Gasteiger partial charge is 0.416 e. The Kier molecular flexibility index (Phi) is 6.07. The Balaban J connectivity index is 2.10. The Bertz CT molecular complexity index is 1220. The zero-order valence-electron chi connectivity index (χ0n) is 16.9. The maximum atomic E-state index is 13.0. The topological polar surface area (TPSA) is 69.8 Å². The number of nitrogens with zero attached hydrogens (tertiary/aromatic N) is 4. The minimum atomic E-state index is -4.43. The van der Waals surface area contributed by atoms with Gasteiger partial charge in [-0.2, -0.15) is 13.2 Å². The van der Waals surface area contributed by atoms with Gasteiger partial charge >= 0.3 is 11.9 Å². The number of benzene rings is 1. The molecule has 0 atom stereocenters.